The van der Waals surface area contributed by atoms with Gasteiger partial charge in [0.15, 0.2) is 0 Å². The first-order valence-electron chi connectivity index (χ1n) is 5.15. The fraction of sp³-hybridized carbons (Fsp3) is 0.385. The maximum Gasteiger partial charge on any atom is 0.0480 e. The van der Waals surface area contributed by atoms with Crippen LogP contribution >= 0.6 is 0 Å². The number of aryl methyl sites for hydroxylation is 2. The third-order valence-electron chi connectivity index (χ3n) is 2.90. The number of benzene rings is 1. The lowest BCUT2D eigenvalue weighted by atomic mass is 9.97. The summed E-state index contributed by atoms with van der Waals surface area (Å²) in [4.78, 5) is 0. The van der Waals surface area contributed by atoms with Crippen molar-refractivity contribution in [3.63, 3.8) is 0 Å². The lowest BCUT2D eigenvalue weighted by Crippen LogP contribution is -1.93. The smallest absolute Gasteiger partial charge is 0.0480 e. The molecule has 0 aliphatic heterocycles. The van der Waals surface area contributed by atoms with Gasteiger partial charge in [-0.15, -0.1) is 0 Å². The normalized spacial score (nSPS) is 11.5. The zero-order valence-corrected chi connectivity index (χ0v) is 9.33. The van der Waals surface area contributed by atoms with Crippen molar-refractivity contribution in [3.05, 3.63) is 35.5 Å². The van der Waals surface area contributed by atoms with Crippen molar-refractivity contribution >= 4 is 10.9 Å². The highest BCUT2D eigenvalue weighted by Gasteiger charge is 2.06. The Morgan fingerprint density at radius 1 is 1.21 bits per heavy atom. The van der Waals surface area contributed by atoms with Crippen molar-refractivity contribution in [1.29, 1.82) is 0 Å². The molecule has 0 N–H and O–H groups in total. The Labute approximate surface area is 85.4 Å². The molecule has 1 nitrogen and oxygen atoms in total. The van der Waals surface area contributed by atoms with Crippen LogP contribution in [0.2, 0.25) is 0 Å². The zero-order chi connectivity index (χ0) is 10.3. The van der Waals surface area contributed by atoms with Crippen LogP contribution in [0.5, 0.6) is 0 Å². The fourth-order valence-electron chi connectivity index (χ4n) is 2.07. The third kappa shape index (κ3) is 1.33. The van der Waals surface area contributed by atoms with E-state index in [4.69, 9.17) is 0 Å². The molecular formula is C13H17N. The van der Waals surface area contributed by atoms with E-state index in [2.05, 4.69) is 56.8 Å². The van der Waals surface area contributed by atoms with E-state index in [1.165, 1.54) is 22.0 Å². The summed E-state index contributed by atoms with van der Waals surface area (Å²) in [5.74, 6) is 0.606. The summed E-state index contributed by atoms with van der Waals surface area (Å²) in [7, 11) is 2.10. The van der Waals surface area contributed by atoms with Gasteiger partial charge in [0.05, 0.1) is 0 Å². The Balaban J connectivity index is 2.74. The van der Waals surface area contributed by atoms with Crippen molar-refractivity contribution in [3.8, 4) is 0 Å². The summed E-state index contributed by atoms with van der Waals surface area (Å²) in [5.41, 5.74) is 4.19. The van der Waals surface area contributed by atoms with E-state index in [0.29, 0.717) is 5.92 Å². The van der Waals surface area contributed by atoms with Gasteiger partial charge >= 0.3 is 0 Å². The van der Waals surface area contributed by atoms with Gasteiger partial charge in [0.1, 0.15) is 0 Å². The average molecular weight is 187 g/mol. The molecule has 0 aliphatic rings. The van der Waals surface area contributed by atoms with Gasteiger partial charge in [-0.25, -0.2) is 0 Å². The van der Waals surface area contributed by atoms with Crippen LogP contribution in [0.15, 0.2) is 24.4 Å². The van der Waals surface area contributed by atoms with Crippen LogP contribution < -0.4 is 0 Å². The maximum absolute atomic E-state index is 2.31. The Bertz CT molecular complexity index is 463. The highest BCUT2D eigenvalue weighted by molar-refractivity contribution is 5.82. The number of nitrogens with zero attached hydrogens (tertiary/aromatic N) is 1. The van der Waals surface area contributed by atoms with Gasteiger partial charge in [-0.3, -0.25) is 0 Å². The molecule has 2 aromatic rings. The minimum Gasteiger partial charge on any atom is -0.351 e. The number of fused-ring (bicyclic) bond motifs is 1. The Hall–Kier alpha value is -1.24. The Kier molecular flexibility index (Phi) is 2.10. The van der Waals surface area contributed by atoms with Crippen molar-refractivity contribution in [2.45, 2.75) is 26.7 Å². The molecule has 0 unspecified atom stereocenters. The molecule has 2 rings (SSSR count). The molecule has 14 heavy (non-hydrogen) atoms. The molecule has 0 radical (unpaired) electrons. The highest BCUT2D eigenvalue weighted by atomic mass is 14.9. The monoisotopic (exact) mass is 187 g/mol. The van der Waals surface area contributed by atoms with Gasteiger partial charge in [-0.1, -0.05) is 13.8 Å². The predicted molar refractivity (Wildman–Crippen MR) is 61.7 cm³/mol. The average Bonchev–Trinajstić information content (AvgIpc) is 2.46. The van der Waals surface area contributed by atoms with E-state index in [1.54, 1.807) is 0 Å². The molecule has 1 aromatic carbocycles. The van der Waals surface area contributed by atoms with Gasteiger partial charge in [-0.05, 0) is 47.6 Å². The standard InChI is InChI=1S/C13H17N/c1-9(2)12-8-13-11(7-10(12)3)5-6-14(13)4/h5-9H,1-4H3. The molecular weight excluding hydrogens is 170 g/mol. The number of rotatable bonds is 1. The molecule has 0 spiro atoms. The molecule has 0 saturated carbocycles. The second-order valence-corrected chi connectivity index (χ2v) is 4.35. The molecule has 0 fully saturated rings. The predicted octanol–water partition coefficient (Wildman–Crippen LogP) is 3.61. The quantitative estimate of drug-likeness (QED) is 0.642. The van der Waals surface area contributed by atoms with Crippen LogP contribution in [0.25, 0.3) is 10.9 Å². The summed E-state index contributed by atoms with van der Waals surface area (Å²) < 4.78 is 2.18. The SMILES string of the molecule is Cc1cc2ccn(C)c2cc1C(C)C. The van der Waals surface area contributed by atoms with Crippen molar-refractivity contribution in [2.24, 2.45) is 7.05 Å². The second kappa shape index (κ2) is 3.16. The summed E-state index contributed by atoms with van der Waals surface area (Å²) in [6, 6.07) is 6.77. The maximum atomic E-state index is 2.31. The fourth-order valence-corrected chi connectivity index (χ4v) is 2.07. The molecule has 0 atom stereocenters. The summed E-state index contributed by atoms with van der Waals surface area (Å²) >= 11 is 0. The number of hydrogen-bond acceptors (Lipinski definition) is 0. The molecule has 0 aliphatic carbocycles. The van der Waals surface area contributed by atoms with Crippen molar-refractivity contribution < 1.29 is 0 Å². The topological polar surface area (TPSA) is 4.93 Å². The van der Waals surface area contributed by atoms with Crippen LogP contribution in [0, 0.1) is 6.92 Å². The first-order valence-corrected chi connectivity index (χ1v) is 5.15. The molecule has 0 saturated heterocycles. The van der Waals surface area contributed by atoms with Crippen molar-refractivity contribution in [2.75, 3.05) is 0 Å². The molecule has 74 valence electrons. The largest absolute Gasteiger partial charge is 0.351 e. The van der Waals surface area contributed by atoms with E-state index in [1.807, 2.05) is 0 Å². The van der Waals surface area contributed by atoms with Crippen LogP contribution in [-0.4, -0.2) is 4.57 Å². The van der Waals surface area contributed by atoms with E-state index in [0.717, 1.165) is 0 Å². The third-order valence-corrected chi connectivity index (χ3v) is 2.90. The summed E-state index contributed by atoms with van der Waals surface area (Å²) in [6.45, 7) is 6.69. The zero-order valence-electron chi connectivity index (χ0n) is 9.33. The second-order valence-electron chi connectivity index (χ2n) is 4.35. The van der Waals surface area contributed by atoms with E-state index in [-0.39, 0.29) is 0 Å². The van der Waals surface area contributed by atoms with Gasteiger partial charge in [0.2, 0.25) is 0 Å². The van der Waals surface area contributed by atoms with E-state index >= 15 is 0 Å². The van der Waals surface area contributed by atoms with Crippen LogP contribution in [0.4, 0.5) is 0 Å². The first kappa shape index (κ1) is 9.32. The minimum atomic E-state index is 0.606. The highest BCUT2D eigenvalue weighted by Crippen LogP contribution is 2.25. The Morgan fingerprint density at radius 3 is 2.57 bits per heavy atom. The summed E-state index contributed by atoms with van der Waals surface area (Å²) in [5, 5.41) is 1.34. The minimum absolute atomic E-state index is 0.606. The number of aromatic nitrogens is 1. The van der Waals surface area contributed by atoms with Crippen LogP contribution in [-0.2, 0) is 7.05 Å². The lowest BCUT2D eigenvalue weighted by Gasteiger charge is -2.10. The van der Waals surface area contributed by atoms with Gasteiger partial charge in [0.25, 0.3) is 0 Å². The summed E-state index contributed by atoms with van der Waals surface area (Å²) in [6.07, 6.45) is 2.12. The number of hydrogen-bond donors (Lipinski definition) is 0. The van der Waals surface area contributed by atoms with Gasteiger partial charge < -0.3 is 4.57 Å². The van der Waals surface area contributed by atoms with E-state index in [9.17, 15) is 0 Å². The van der Waals surface area contributed by atoms with Gasteiger partial charge in [-0.2, -0.15) is 0 Å². The molecule has 1 aromatic heterocycles. The van der Waals surface area contributed by atoms with E-state index < -0.39 is 0 Å². The van der Waals surface area contributed by atoms with Crippen LogP contribution in [0.1, 0.15) is 30.9 Å². The molecule has 0 amide bonds. The molecule has 1 heterocycles. The van der Waals surface area contributed by atoms with Gasteiger partial charge in [0, 0.05) is 18.8 Å². The first-order chi connectivity index (χ1) is 6.59. The van der Waals surface area contributed by atoms with Crippen molar-refractivity contribution in [1.82, 2.24) is 4.57 Å². The van der Waals surface area contributed by atoms with Crippen LogP contribution in [0.3, 0.4) is 0 Å². The Morgan fingerprint density at radius 2 is 1.93 bits per heavy atom. The molecule has 0 bridgehead atoms. The molecule has 1 heteroatoms. The lowest BCUT2D eigenvalue weighted by molar-refractivity contribution is 0.856.